The van der Waals surface area contributed by atoms with Crippen LogP contribution in [0.1, 0.15) is 31.4 Å². The summed E-state index contributed by atoms with van der Waals surface area (Å²) < 4.78 is 5.42. The number of ether oxygens (including phenoxy) is 1. The van der Waals surface area contributed by atoms with E-state index in [1.54, 1.807) is 0 Å². The average molecular weight is 248 g/mol. The van der Waals surface area contributed by atoms with E-state index in [1.807, 2.05) is 6.92 Å². The van der Waals surface area contributed by atoms with Crippen molar-refractivity contribution in [3.63, 3.8) is 0 Å². The maximum absolute atomic E-state index is 5.42. The Bertz CT molecular complexity index is 379. The molecule has 0 fully saturated rings. The van der Waals surface area contributed by atoms with Crippen LogP contribution in [-0.4, -0.2) is 25.8 Å². The molecule has 0 radical (unpaired) electrons. The van der Waals surface area contributed by atoms with E-state index in [0.29, 0.717) is 6.04 Å². The largest absolute Gasteiger partial charge is 0.385 e. The SMILES string of the molecule is CCOCC(C)NCc1cccc2c1NCCC2. The van der Waals surface area contributed by atoms with Gasteiger partial charge in [-0.1, -0.05) is 18.2 Å². The monoisotopic (exact) mass is 248 g/mol. The fraction of sp³-hybridized carbons (Fsp3) is 0.600. The molecule has 0 spiro atoms. The molecule has 1 unspecified atom stereocenters. The van der Waals surface area contributed by atoms with E-state index in [0.717, 1.165) is 26.3 Å². The Morgan fingerprint density at radius 1 is 1.44 bits per heavy atom. The molecule has 0 saturated heterocycles. The van der Waals surface area contributed by atoms with Crippen molar-refractivity contribution in [2.24, 2.45) is 0 Å². The van der Waals surface area contributed by atoms with E-state index < -0.39 is 0 Å². The van der Waals surface area contributed by atoms with Crippen molar-refractivity contribution in [1.82, 2.24) is 5.32 Å². The molecular formula is C15H24N2O. The number of aryl methyl sites for hydroxylation is 1. The van der Waals surface area contributed by atoms with Gasteiger partial charge in [-0.05, 0) is 37.8 Å². The van der Waals surface area contributed by atoms with Gasteiger partial charge in [-0.25, -0.2) is 0 Å². The third kappa shape index (κ3) is 3.47. The lowest BCUT2D eigenvalue weighted by atomic mass is 9.99. The molecule has 1 aliphatic rings. The number of benzene rings is 1. The van der Waals surface area contributed by atoms with E-state index in [2.05, 4.69) is 35.8 Å². The molecule has 0 bridgehead atoms. The van der Waals surface area contributed by atoms with Gasteiger partial charge < -0.3 is 15.4 Å². The predicted octanol–water partition coefficient (Wildman–Crippen LogP) is 2.56. The van der Waals surface area contributed by atoms with Crippen LogP contribution >= 0.6 is 0 Å². The highest BCUT2D eigenvalue weighted by Gasteiger charge is 2.12. The smallest absolute Gasteiger partial charge is 0.0616 e. The summed E-state index contributed by atoms with van der Waals surface area (Å²) in [6.45, 7) is 7.76. The number of anilines is 1. The summed E-state index contributed by atoms with van der Waals surface area (Å²) in [6, 6.07) is 6.99. The summed E-state index contributed by atoms with van der Waals surface area (Å²) in [5.41, 5.74) is 4.17. The van der Waals surface area contributed by atoms with Crippen LogP contribution in [0.4, 0.5) is 5.69 Å². The molecule has 0 amide bonds. The Kier molecular flexibility index (Phi) is 5.02. The van der Waals surface area contributed by atoms with Crippen LogP contribution in [0.15, 0.2) is 18.2 Å². The first-order valence-electron chi connectivity index (χ1n) is 6.97. The summed E-state index contributed by atoms with van der Waals surface area (Å²) in [6.07, 6.45) is 2.44. The number of fused-ring (bicyclic) bond motifs is 1. The van der Waals surface area contributed by atoms with E-state index in [1.165, 1.54) is 29.7 Å². The number of para-hydroxylation sites is 1. The van der Waals surface area contributed by atoms with Crippen LogP contribution in [0.2, 0.25) is 0 Å². The van der Waals surface area contributed by atoms with Crippen molar-refractivity contribution in [3.05, 3.63) is 29.3 Å². The maximum Gasteiger partial charge on any atom is 0.0616 e. The normalized spacial score (nSPS) is 15.9. The van der Waals surface area contributed by atoms with Gasteiger partial charge in [-0.15, -0.1) is 0 Å². The van der Waals surface area contributed by atoms with Crippen molar-refractivity contribution in [2.75, 3.05) is 25.1 Å². The Labute approximate surface area is 110 Å². The van der Waals surface area contributed by atoms with Crippen LogP contribution in [-0.2, 0) is 17.7 Å². The van der Waals surface area contributed by atoms with Gasteiger partial charge in [0.05, 0.1) is 6.61 Å². The van der Waals surface area contributed by atoms with Gasteiger partial charge in [-0.2, -0.15) is 0 Å². The van der Waals surface area contributed by atoms with Crippen LogP contribution < -0.4 is 10.6 Å². The molecule has 0 saturated carbocycles. The lowest BCUT2D eigenvalue weighted by molar-refractivity contribution is 0.127. The first kappa shape index (κ1) is 13.4. The Balaban J connectivity index is 1.93. The van der Waals surface area contributed by atoms with Crippen LogP contribution in [0.3, 0.4) is 0 Å². The highest BCUT2D eigenvalue weighted by Crippen LogP contribution is 2.25. The Hall–Kier alpha value is -1.06. The first-order valence-corrected chi connectivity index (χ1v) is 6.97. The fourth-order valence-corrected chi connectivity index (χ4v) is 2.37. The molecule has 1 heterocycles. The van der Waals surface area contributed by atoms with Gasteiger partial charge in [0, 0.05) is 31.4 Å². The van der Waals surface area contributed by atoms with Gasteiger partial charge in [0.15, 0.2) is 0 Å². The second-order valence-electron chi connectivity index (χ2n) is 4.92. The quantitative estimate of drug-likeness (QED) is 0.811. The summed E-state index contributed by atoms with van der Waals surface area (Å²) in [5.74, 6) is 0. The summed E-state index contributed by atoms with van der Waals surface area (Å²) >= 11 is 0. The maximum atomic E-state index is 5.42. The second kappa shape index (κ2) is 6.76. The van der Waals surface area contributed by atoms with Crippen molar-refractivity contribution in [2.45, 2.75) is 39.3 Å². The Morgan fingerprint density at radius 2 is 2.33 bits per heavy atom. The number of rotatable bonds is 6. The molecule has 1 atom stereocenters. The molecule has 100 valence electrons. The second-order valence-corrected chi connectivity index (χ2v) is 4.92. The third-order valence-electron chi connectivity index (χ3n) is 3.37. The van der Waals surface area contributed by atoms with Gasteiger partial charge in [0.2, 0.25) is 0 Å². The van der Waals surface area contributed by atoms with Gasteiger partial charge in [0.1, 0.15) is 0 Å². The molecule has 2 rings (SSSR count). The predicted molar refractivity (Wildman–Crippen MR) is 76.0 cm³/mol. The van der Waals surface area contributed by atoms with Crippen molar-refractivity contribution in [1.29, 1.82) is 0 Å². The summed E-state index contributed by atoms with van der Waals surface area (Å²) in [4.78, 5) is 0. The number of nitrogens with one attached hydrogen (secondary N) is 2. The Morgan fingerprint density at radius 3 is 3.17 bits per heavy atom. The van der Waals surface area contributed by atoms with Gasteiger partial charge >= 0.3 is 0 Å². The van der Waals surface area contributed by atoms with Crippen molar-refractivity contribution < 1.29 is 4.74 Å². The van der Waals surface area contributed by atoms with Crippen molar-refractivity contribution >= 4 is 5.69 Å². The molecule has 18 heavy (non-hydrogen) atoms. The highest BCUT2D eigenvalue weighted by atomic mass is 16.5. The zero-order valence-corrected chi connectivity index (χ0v) is 11.5. The van der Waals surface area contributed by atoms with E-state index in [4.69, 9.17) is 4.74 Å². The van der Waals surface area contributed by atoms with Gasteiger partial charge in [-0.3, -0.25) is 0 Å². The topological polar surface area (TPSA) is 33.3 Å². The molecule has 1 aromatic carbocycles. The molecule has 3 nitrogen and oxygen atoms in total. The molecule has 1 aromatic rings. The van der Waals surface area contributed by atoms with E-state index >= 15 is 0 Å². The molecule has 2 N–H and O–H groups in total. The zero-order valence-electron chi connectivity index (χ0n) is 11.5. The molecule has 1 aliphatic heterocycles. The van der Waals surface area contributed by atoms with Crippen LogP contribution in [0, 0.1) is 0 Å². The third-order valence-corrected chi connectivity index (χ3v) is 3.37. The lowest BCUT2D eigenvalue weighted by Crippen LogP contribution is -2.30. The summed E-state index contributed by atoms with van der Waals surface area (Å²) in [7, 11) is 0. The highest BCUT2D eigenvalue weighted by molar-refractivity contribution is 5.59. The number of hydrogen-bond donors (Lipinski definition) is 2. The summed E-state index contributed by atoms with van der Waals surface area (Å²) in [5, 5.41) is 7.05. The van der Waals surface area contributed by atoms with Crippen molar-refractivity contribution in [3.8, 4) is 0 Å². The van der Waals surface area contributed by atoms with Gasteiger partial charge in [0.25, 0.3) is 0 Å². The van der Waals surface area contributed by atoms with E-state index in [-0.39, 0.29) is 0 Å². The number of hydrogen-bond acceptors (Lipinski definition) is 3. The average Bonchev–Trinajstić information content (AvgIpc) is 2.42. The van der Waals surface area contributed by atoms with Crippen LogP contribution in [0.5, 0.6) is 0 Å². The van der Waals surface area contributed by atoms with E-state index in [9.17, 15) is 0 Å². The molecule has 3 heteroatoms. The first-order chi connectivity index (χ1) is 8.81. The molecular weight excluding hydrogens is 224 g/mol. The minimum Gasteiger partial charge on any atom is -0.385 e. The standard InChI is InChI=1S/C15H24N2O/c1-3-18-11-12(2)17-10-14-7-4-6-13-8-5-9-16-15(13)14/h4,6-7,12,16-17H,3,5,8-11H2,1-2H3. The lowest BCUT2D eigenvalue weighted by Gasteiger charge is -2.22. The minimum atomic E-state index is 0.393. The minimum absolute atomic E-state index is 0.393. The van der Waals surface area contributed by atoms with Crippen LogP contribution in [0.25, 0.3) is 0 Å². The molecule has 0 aliphatic carbocycles. The fourth-order valence-electron chi connectivity index (χ4n) is 2.37. The zero-order chi connectivity index (χ0) is 12.8. The molecule has 0 aromatic heterocycles.